The number of carbonyl (C=O) groups is 3. The summed E-state index contributed by atoms with van der Waals surface area (Å²) >= 11 is 0. The van der Waals surface area contributed by atoms with Gasteiger partial charge in [-0.3, -0.25) is 14.4 Å². The number of carbonyl (C=O) groups excluding carboxylic acids is 3. The number of piperazine rings is 2. The molecule has 2 heterocycles. The normalized spacial score (nSPS) is 22.9. The van der Waals surface area contributed by atoms with Crippen molar-refractivity contribution in [1.82, 2.24) is 15.1 Å². The molecule has 1 aromatic rings. The Morgan fingerprint density at radius 3 is 2.54 bits per heavy atom. The molecule has 3 rings (SSSR count). The van der Waals surface area contributed by atoms with Crippen molar-refractivity contribution in [1.29, 1.82) is 0 Å². The molecular formula is C19H25N3O4. The van der Waals surface area contributed by atoms with Gasteiger partial charge in [-0.25, -0.2) is 0 Å². The van der Waals surface area contributed by atoms with Crippen LogP contribution in [0.15, 0.2) is 24.3 Å². The summed E-state index contributed by atoms with van der Waals surface area (Å²) in [6.07, 6.45) is 0.627. The van der Waals surface area contributed by atoms with Gasteiger partial charge in [-0.1, -0.05) is 13.8 Å². The Balaban J connectivity index is 1.70. The molecule has 2 fully saturated rings. The van der Waals surface area contributed by atoms with Crippen LogP contribution in [-0.4, -0.2) is 66.3 Å². The smallest absolute Gasteiger partial charge is 0.254 e. The topological polar surface area (TPSA) is 79.0 Å². The van der Waals surface area contributed by atoms with E-state index in [2.05, 4.69) is 5.32 Å². The highest BCUT2D eigenvalue weighted by molar-refractivity contribution is 5.99. The molecule has 2 aliphatic rings. The number of benzene rings is 1. The SMILES string of the molecule is COc1ccc(C(=O)N2CCN3C(=O)[C@H](CC(C)C)NC(=O)[C@H]3C2)cc1. The lowest BCUT2D eigenvalue weighted by Crippen LogP contribution is -2.69. The first-order valence-corrected chi connectivity index (χ1v) is 8.95. The van der Waals surface area contributed by atoms with E-state index in [1.54, 1.807) is 41.2 Å². The van der Waals surface area contributed by atoms with E-state index in [0.29, 0.717) is 36.7 Å². The van der Waals surface area contributed by atoms with E-state index in [0.717, 1.165) is 0 Å². The van der Waals surface area contributed by atoms with Crippen molar-refractivity contribution in [2.75, 3.05) is 26.7 Å². The largest absolute Gasteiger partial charge is 0.497 e. The summed E-state index contributed by atoms with van der Waals surface area (Å²) in [5.41, 5.74) is 0.541. The third-order valence-corrected chi connectivity index (χ3v) is 4.91. The van der Waals surface area contributed by atoms with E-state index in [1.165, 1.54) is 0 Å². The average Bonchev–Trinajstić information content (AvgIpc) is 2.64. The van der Waals surface area contributed by atoms with Crippen molar-refractivity contribution >= 4 is 17.7 Å². The van der Waals surface area contributed by atoms with Crippen molar-refractivity contribution in [2.24, 2.45) is 5.92 Å². The van der Waals surface area contributed by atoms with Gasteiger partial charge in [0.2, 0.25) is 11.8 Å². The molecule has 26 heavy (non-hydrogen) atoms. The maximum atomic E-state index is 12.7. The molecule has 3 amide bonds. The maximum Gasteiger partial charge on any atom is 0.254 e. The summed E-state index contributed by atoms with van der Waals surface area (Å²) in [5.74, 6) is 0.637. The lowest BCUT2D eigenvalue weighted by molar-refractivity contribution is -0.152. The molecule has 7 nitrogen and oxygen atoms in total. The number of nitrogens with one attached hydrogen (secondary N) is 1. The molecule has 0 spiro atoms. The van der Waals surface area contributed by atoms with Gasteiger partial charge in [-0.05, 0) is 36.6 Å². The predicted octanol–water partition coefficient (Wildman–Crippen LogP) is 0.893. The maximum absolute atomic E-state index is 12.7. The van der Waals surface area contributed by atoms with Gasteiger partial charge in [0.25, 0.3) is 5.91 Å². The molecule has 2 atom stereocenters. The van der Waals surface area contributed by atoms with Crippen molar-refractivity contribution in [3.8, 4) is 5.75 Å². The van der Waals surface area contributed by atoms with E-state index in [9.17, 15) is 14.4 Å². The Kier molecular flexibility index (Phi) is 5.15. The highest BCUT2D eigenvalue weighted by Gasteiger charge is 2.44. The fraction of sp³-hybridized carbons (Fsp3) is 0.526. The van der Waals surface area contributed by atoms with Gasteiger partial charge in [0.1, 0.15) is 17.8 Å². The van der Waals surface area contributed by atoms with Crippen LogP contribution in [0.1, 0.15) is 30.6 Å². The van der Waals surface area contributed by atoms with Crippen LogP contribution in [0, 0.1) is 5.92 Å². The van der Waals surface area contributed by atoms with Crippen LogP contribution in [0.25, 0.3) is 0 Å². The Morgan fingerprint density at radius 2 is 1.92 bits per heavy atom. The summed E-state index contributed by atoms with van der Waals surface area (Å²) < 4.78 is 5.11. The zero-order chi connectivity index (χ0) is 18.8. The van der Waals surface area contributed by atoms with Crippen LogP contribution >= 0.6 is 0 Å². The van der Waals surface area contributed by atoms with E-state index in [-0.39, 0.29) is 24.3 Å². The van der Waals surface area contributed by atoms with Crippen LogP contribution < -0.4 is 10.1 Å². The van der Waals surface area contributed by atoms with Gasteiger partial charge >= 0.3 is 0 Å². The fourth-order valence-corrected chi connectivity index (χ4v) is 3.53. The van der Waals surface area contributed by atoms with Gasteiger partial charge in [0, 0.05) is 18.7 Å². The quantitative estimate of drug-likeness (QED) is 0.866. The second-order valence-electron chi connectivity index (χ2n) is 7.22. The van der Waals surface area contributed by atoms with Crippen molar-refractivity contribution in [3.63, 3.8) is 0 Å². The molecule has 0 aromatic heterocycles. The fourth-order valence-electron chi connectivity index (χ4n) is 3.53. The molecule has 2 saturated heterocycles. The molecule has 0 aliphatic carbocycles. The van der Waals surface area contributed by atoms with E-state index in [1.807, 2.05) is 13.8 Å². The highest BCUT2D eigenvalue weighted by Crippen LogP contribution is 2.21. The minimum atomic E-state index is -0.609. The van der Waals surface area contributed by atoms with Crippen LogP contribution in [0.2, 0.25) is 0 Å². The standard InChI is InChI=1S/C19H25N3O4/c1-12(2)10-15-19(25)22-9-8-21(11-16(22)17(23)20-15)18(24)13-4-6-14(26-3)7-5-13/h4-7,12,15-16H,8-11H2,1-3H3,(H,20,23)/t15-,16+/m0/s1. The first-order chi connectivity index (χ1) is 12.4. The zero-order valence-electron chi connectivity index (χ0n) is 15.4. The van der Waals surface area contributed by atoms with Gasteiger partial charge in [-0.15, -0.1) is 0 Å². The number of fused-ring (bicyclic) bond motifs is 1. The Hall–Kier alpha value is -2.57. The number of rotatable bonds is 4. The molecule has 7 heteroatoms. The Morgan fingerprint density at radius 1 is 1.23 bits per heavy atom. The first-order valence-electron chi connectivity index (χ1n) is 8.95. The molecule has 2 aliphatic heterocycles. The summed E-state index contributed by atoms with van der Waals surface area (Å²) in [6, 6.07) is 5.81. The summed E-state index contributed by atoms with van der Waals surface area (Å²) in [6.45, 7) is 5.08. The number of hydrogen-bond donors (Lipinski definition) is 1. The van der Waals surface area contributed by atoms with Crippen LogP contribution in [0.3, 0.4) is 0 Å². The Labute approximate surface area is 153 Å². The third kappa shape index (κ3) is 3.52. The molecular weight excluding hydrogens is 334 g/mol. The number of nitrogens with zero attached hydrogens (tertiary/aromatic N) is 2. The van der Waals surface area contributed by atoms with Gasteiger partial charge in [0.15, 0.2) is 0 Å². The van der Waals surface area contributed by atoms with Crippen LogP contribution in [-0.2, 0) is 9.59 Å². The third-order valence-electron chi connectivity index (χ3n) is 4.91. The predicted molar refractivity (Wildman–Crippen MR) is 95.8 cm³/mol. The minimum absolute atomic E-state index is 0.0418. The van der Waals surface area contributed by atoms with Gasteiger partial charge in [-0.2, -0.15) is 0 Å². The lowest BCUT2D eigenvalue weighted by Gasteiger charge is -2.45. The average molecular weight is 359 g/mol. The molecule has 0 saturated carbocycles. The van der Waals surface area contributed by atoms with E-state index >= 15 is 0 Å². The summed E-state index contributed by atoms with van der Waals surface area (Å²) in [4.78, 5) is 41.1. The minimum Gasteiger partial charge on any atom is -0.497 e. The van der Waals surface area contributed by atoms with E-state index in [4.69, 9.17) is 4.74 Å². The zero-order valence-corrected chi connectivity index (χ0v) is 15.4. The molecule has 0 bridgehead atoms. The van der Waals surface area contributed by atoms with Crippen LogP contribution in [0.4, 0.5) is 0 Å². The number of hydrogen-bond acceptors (Lipinski definition) is 4. The van der Waals surface area contributed by atoms with Gasteiger partial charge in [0.05, 0.1) is 13.7 Å². The summed E-state index contributed by atoms with van der Waals surface area (Å²) in [5, 5.41) is 2.83. The van der Waals surface area contributed by atoms with Crippen LogP contribution in [0.5, 0.6) is 5.75 Å². The highest BCUT2D eigenvalue weighted by atomic mass is 16.5. The van der Waals surface area contributed by atoms with Crippen molar-refractivity contribution in [3.05, 3.63) is 29.8 Å². The number of methoxy groups -OCH3 is 1. The number of ether oxygens (including phenoxy) is 1. The Bertz CT molecular complexity index is 701. The van der Waals surface area contributed by atoms with Gasteiger partial charge < -0.3 is 19.9 Å². The second-order valence-corrected chi connectivity index (χ2v) is 7.22. The van der Waals surface area contributed by atoms with Crippen molar-refractivity contribution in [2.45, 2.75) is 32.4 Å². The molecule has 140 valence electrons. The number of amides is 3. The summed E-state index contributed by atoms with van der Waals surface area (Å²) in [7, 11) is 1.57. The van der Waals surface area contributed by atoms with Crippen molar-refractivity contribution < 1.29 is 19.1 Å². The monoisotopic (exact) mass is 359 g/mol. The lowest BCUT2D eigenvalue weighted by atomic mass is 9.97. The molecule has 0 radical (unpaired) electrons. The molecule has 0 unspecified atom stereocenters. The first kappa shape index (κ1) is 18.2. The molecule has 1 N–H and O–H groups in total. The van der Waals surface area contributed by atoms with E-state index < -0.39 is 12.1 Å². The molecule has 1 aromatic carbocycles. The second kappa shape index (κ2) is 7.35.